The van der Waals surface area contributed by atoms with Gasteiger partial charge in [-0.05, 0) is 69.6 Å². The summed E-state index contributed by atoms with van der Waals surface area (Å²) < 4.78 is 12.3. The Balaban J connectivity index is 1.80. The molecular formula is C31H42N2O6. The molecule has 1 aromatic carbocycles. The van der Waals surface area contributed by atoms with Gasteiger partial charge in [-0.2, -0.15) is 0 Å². The number of carbonyl (C=O) groups is 3. The van der Waals surface area contributed by atoms with Crippen LogP contribution in [0.25, 0.3) is 0 Å². The van der Waals surface area contributed by atoms with Gasteiger partial charge >= 0.3 is 5.97 Å². The van der Waals surface area contributed by atoms with Crippen molar-refractivity contribution >= 4 is 23.5 Å². The van der Waals surface area contributed by atoms with Crippen molar-refractivity contribution in [3.8, 4) is 0 Å². The molecule has 3 aliphatic heterocycles. The zero-order chi connectivity index (χ0) is 28.4. The maximum atomic E-state index is 14.6. The Morgan fingerprint density at radius 2 is 1.97 bits per heavy atom. The number of carbonyl (C=O) groups excluding carboxylic acids is 3. The fourth-order valence-electron chi connectivity index (χ4n) is 6.99. The summed E-state index contributed by atoms with van der Waals surface area (Å²) in [7, 11) is 0. The van der Waals surface area contributed by atoms with Gasteiger partial charge in [0.05, 0.1) is 11.5 Å². The lowest BCUT2D eigenvalue weighted by molar-refractivity contribution is -0.159. The Hall–Kier alpha value is -2.97. The van der Waals surface area contributed by atoms with E-state index in [4.69, 9.17) is 9.47 Å². The van der Waals surface area contributed by atoms with Gasteiger partial charge in [-0.15, -0.1) is 6.58 Å². The third-order valence-electron chi connectivity index (χ3n) is 8.80. The number of fused-ring (bicyclic) bond motifs is 1. The molecule has 1 spiro atoms. The Morgan fingerprint density at radius 3 is 2.64 bits per heavy atom. The quantitative estimate of drug-likeness (QED) is 0.233. The van der Waals surface area contributed by atoms with Crippen LogP contribution in [0.1, 0.15) is 56.6 Å². The monoisotopic (exact) mass is 538 g/mol. The van der Waals surface area contributed by atoms with E-state index in [-0.39, 0.29) is 31.6 Å². The van der Waals surface area contributed by atoms with Gasteiger partial charge in [0.1, 0.15) is 24.2 Å². The van der Waals surface area contributed by atoms with Gasteiger partial charge in [-0.1, -0.05) is 37.8 Å². The SMILES string of the molecule is C=CCOC(=O)[C@H]1[C@H]2C(=O)N(CCCCCO)C(C(=O)N(CC=C)c3cc(C)ccc3C)C23CC[C@]1(CC)O3. The molecule has 0 aliphatic carbocycles. The zero-order valence-electron chi connectivity index (χ0n) is 23.5. The summed E-state index contributed by atoms with van der Waals surface area (Å²) in [6.07, 6.45) is 6.80. The molecule has 8 nitrogen and oxygen atoms in total. The van der Waals surface area contributed by atoms with Crippen LogP contribution in [-0.2, 0) is 23.9 Å². The molecule has 2 amide bonds. The van der Waals surface area contributed by atoms with Crippen LogP contribution in [0, 0.1) is 25.7 Å². The van der Waals surface area contributed by atoms with Gasteiger partial charge < -0.3 is 24.4 Å². The lowest BCUT2D eigenvalue weighted by atomic mass is 9.65. The van der Waals surface area contributed by atoms with E-state index in [1.165, 1.54) is 6.08 Å². The summed E-state index contributed by atoms with van der Waals surface area (Å²) in [5.41, 5.74) is 0.770. The van der Waals surface area contributed by atoms with Crippen LogP contribution in [-0.4, -0.2) is 71.3 Å². The minimum Gasteiger partial charge on any atom is -0.461 e. The van der Waals surface area contributed by atoms with Gasteiger partial charge in [0.25, 0.3) is 5.91 Å². The molecule has 1 aromatic rings. The lowest BCUT2D eigenvalue weighted by Crippen LogP contribution is -2.56. The van der Waals surface area contributed by atoms with Crippen molar-refractivity contribution in [1.82, 2.24) is 4.90 Å². The minimum absolute atomic E-state index is 0.0516. The average Bonchev–Trinajstić information content (AvgIpc) is 3.53. The predicted octanol–water partition coefficient (Wildman–Crippen LogP) is 3.87. The number of hydrogen-bond acceptors (Lipinski definition) is 6. The summed E-state index contributed by atoms with van der Waals surface area (Å²) in [5.74, 6) is -2.50. The molecule has 8 heteroatoms. The number of aliphatic hydroxyl groups excluding tert-OH is 1. The average molecular weight is 539 g/mol. The summed E-state index contributed by atoms with van der Waals surface area (Å²) in [5, 5.41) is 9.27. The summed E-state index contributed by atoms with van der Waals surface area (Å²) in [6, 6.07) is 5.08. The number of esters is 1. The van der Waals surface area contributed by atoms with Crippen LogP contribution >= 0.6 is 0 Å². The number of aryl methyl sites for hydroxylation is 2. The highest BCUT2D eigenvalue weighted by Gasteiger charge is 2.79. The van der Waals surface area contributed by atoms with Gasteiger partial charge in [0.2, 0.25) is 5.91 Å². The summed E-state index contributed by atoms with van der Waals surface area (Å²) >= 11 is 0. The number of likely N-dealkylation sites (tertiary alicyclic amines) is 1. The van der Waals surface area contributed by atoms with Crippen LogP contribution in [0.15, 0.2) is 43.5 Å². The van der Waals surface area contributed by atoms with E-state index in [1.807, 2.05) is 39.0 Å². The number of unbranched alkanes of at least 4 members (excludes halogenated alkanes) is 2. The van der Waals surface area contributed by atoms with Crippen LogP contribution in [0.2, 0.25) is 0 Å². The maximum absolute atomic E-state index is 14.6. The molecular weight excluding hydrogens is 496 g/mol. The first-order valence-corrected chi connectivity index (χ1v) is 14.1. The maximum Gasteiger partial charge on any atom is 0.313 e. The second kappa shape index (κ2) is 11.6. The van der Waals surface area contributed by atoms with Crippen LogP contribution in [0.5, 0.6) is 0 Å². The molecule has 3 heterocycles. The van der Waals surface area contributed by atoms with E-state index in [9.17, 15) is 19.5 Å². The van der Waals surface area contributed by atoms with Gasteiger partial charge in [0.15, 0.2) is 0 Å². The van der Waals surface area contributed by atoms with E-state index < -0.39 is 35.0 Å². The zero-order valence-corrected chi connectivity index (χ0v) is 23.5. The van der Waals surface area contributed by atoms with Crippen LogP contribution in [0.3, 0.4) is 0 Å². The Bertz CT molecular complexity index is 1130. The molecule has 2 unspecified atom stereocenters. The van der Waals surface area contributed by atoms with Crippen LogP contribution < -0.4 is 4.90 Å². The van der Waals surface area contributed by atoms with E-state index in [1.54, 1.807) is 15.9 Å². The first kappa shape index (κ1) is 29.0. The summed E-state index contributed by atoms with van der Waals surface area (Å²) in [6.45, 7) is 14.2. The Kier molecular flexibility index (Phi) is 8.66. The van der Waals surface area contributed by atoms with Crippen molar-refractivity contribution < 1.29 is 29.0 Å². The van der Waals surface area contributed by atoms with Crippen molar-refractivity contribution in [2.45, 2.75) is 76.5 Å². The molecule has 1 N–H and O–H groups in total. The number of aliphatic hydroxyl groups is 1. The molecule has 0 aromatic heterocycles. The first-order chi connectivity index (χ1) is 18.7. The molecule has 3 saturated heterocycles. The van der Waals surface area contributed by atoms with Gasteiger partial charge in [-0.3, -0.25) is 14.4 Å². The highest BCUT2D eigenvalue weighted by Crippen LogP contribution is 2.64. The predicted molar refractivity (Wildman–Crippen MR) is 149 cm³/mol. The molecule has 3 fully saturated rings. The molecule has 212 valence electrons. The van der Waals surface area contributed by atoms with E-state index in [0.29, 0.717) is 38.6 Å². The number of amides is 2. The fraction of sp³-hybridized carbons (Fsp3) is 0.581. The standard InChI is InChI=1S/C31H42N2O6/c1-6-16-32(23-20-21(4)12-13-22(23)5)28(36)26-31-15-14-30(8-3,39-31)25(29(37)38-19-7-2)24(31)27(35)33(26)17-10-9-11-18-34/h6-7,12-13,20,24-26,34H,1-2,8-11,14-19H2,3-5H3/t24-,25+,26?,30-,31?/m0/s1. The van der Waals surface area contributed by atoms with E-state index >= 15 is 0 Å². The third-order valence-corrected chi connectivity index (χ3v) is 8.80. The molecule has 0 saturated carbocycles. The van der Waals surface area contributed by atoms with Crippen molar-refractivity contribution in [2.75, 3.05) is 31.2 Å². The number of nitrogens with zero attached hydrogens (tertiary/aromatic N) is 2. The second-order valence-corrected chi connectivity index (χ2v) is 11.1. The van der Waals surface area contributed by atoms with E-state index in [2.05, 4.69) is 13.2 Å². The number of rotatable bonds is 13. The molecule has 0 radical (unpaired) electrons. The van der Waals surface area contributed by atoms with Crippen molar-refractivity contribution in [2.24, 2.45) is 11.8 Å². The lowest BCUT2D eigenvalue weighted by Gasteiger charge is -2.37. The molecule has 5 atom stereocenters. The number of hydrogen-bond donors (Lipinski definition) is 1. The van der Waals surface area contributed by atoms with Crippen molar-refractivity contribution in [1.29, 1.82) is 0 Å². The largest absolute Gasteiger partial charge is 0.461 e. The number of benzene rings is 1. The van der Waals surface area contributed by atoms with Crippen LogP contribution in [0.4, 0.5) is 5.69 Å². The third kappa shape index (κ3) is 4.82. The second-order valence-electron chi connectivity index (χ2n) is 11.1. The smallest absolute Gasteiger partial charge is 0.313 e. The molecule has 4 rings (SSSR count). The van der Waals surface area contributed by atoms with Crippen molar-refractivity contribution in [3.63, 3.8) is 0 Å². The normalized spacial score (nSPS) is 28.9. The molecule has 39 heavy (non-hydrogen) atoms. The Morgan fingerprint density at radius 1 is 1.21 bits per heavy atom. The number of ether oxygens (including phenoxy) is 2. The first-order valence-electron chi connectivity index (χ1n) is 14.1. The highest BCUT2D eigenvalue weighted by molar-refractivity contribution is 6.05. The molecule has 2 bridgehead atoms. The van der Waals surface area contributed by atoms with Gasteiger partial charge in [0, 0.05) is 25.4 Å². The van der Waals surface area contributed by atoms with Gasteiger partial charge in [-0.25, -0.2) is 0 Å². The Labute approximate surface area is 231 Å². The minimum atomic E-state index is -1.11. The topological polar surface area (TPSA) is 96.4 Å². The number of anilines is 1. The molecule has 3 aliphatic rings. The fourth-order valence-corrected chi connectivity index (χ4v) is 6.99. The highest BCUT2D eigenvalue weighted by atomic mass is 16.6. The van der Waals surface area contributed by atoms with E-state index in [0.717, 1.165) is 23.2 Å². The summed E-state index contributed by atoms with van der Waals surface area (Å²) in [4.78, 5) is 45.6. The van der Waals surface area contributed by atoms with Crippen molar-refractivity contribution in [3.05, 3.63) is 54.6 Å².